The van der Waals surface area contributed by atoms with Gasteiger partial charge < -0.3 is 19.9 Å². The Balaban J connectivity index is 0.793. The standard InChI is InChI=1S/C42H39BrN4O7S/c43-27-6-4-26(5-7-27)40-39(32-14-8-29(49)25-37(32)55-40)54-31-12-10-30(11-13-31)53-23-22-46-20-18-45(19-21-46)17-16-44-34-3-1-2-33-38(34)42(52)47(41(33)51)35-15-9-28(48)24-36(35)50/h1-8,10-14,25,35,44,49H,9,15-24H2. The highest BCUT2D eigenvalue weighted by Gasteiger charge is 2.45. The molecule has 1 atom stereocenters. The van der Waals surface area contributed by atoms with E-state index < -0.39 is 17.9 Å². The van der Waals surface area contributed by atoms with E-state index in [0.717, 1.165) is 80.7 Å². The fourth-order valence-corrected chi connectivity index (χ4v) is 8.85. The van der Waals surface area contributed by atoms with Crippen molar-refractivity contribution in [2.45, 2.75) is 25.3 Å². The van der Waals surface area contributed by atoms with Gasteiger partial charge in [-0.1, -0.05) is 34.1 Å². The largest absolute Gasteiger partial charge is 0.508 e. The normalized spacial score (nSPS) is 17.9. The number of halogens is 1. The molecule has 2 amide bonds. The molecule has 3 heterocycles. The number of anilines is 1. The minimum absolute atomic E-state index is 0.150. The van der Waals surface area contributed by atoms with Crippen LogP contribution in [-0.2, 0) is 9.59 Å². The molecule has 2 N–H and O–H groups in total. The third-order valence-corrected chi connectivity index (χ3v) is 12.1. The van der Waals surface area contributed by atoms with Crippen molar-refractivity contribution in [2.24, 2.45) is 0 Å². The smallest absolute Gasteiger partial charge is 0.264 e. The number of ether oxygens (including phenoxy) is 2. The van der Waals surface area contributed by atoms with Gasteiger partial charge in [-0.3, -0.25) is 33.9 Å². The molecular weight excluding hydrogens is 784 g/mol. The Hall–Kier alpha value is -5.08. The molecule has 1 saturated heterocycles. The number of imide groups is 1. The number of phenols is 1. The van der Waals surface area contributed by atoms with E-state index in [0.29, 0.717) is 35.7 Å². The number of phenolic OH excluding ortho intramolecular Hbond substituents is 1. The van der Waals surface area contributed by atoms with Gasteiger partial charge in [0, 0.05) is 72.5 Å². The van der Waals surface area contributed by atoms with E-state index in [2.05, 4.69) is 31.0 Å². The number of aromatic hydroxyl groups is 1. The number of fused-ring (bicyclic) bond motifs is 2. The Morgan fingerprint density at radius 1 is 0.836 bits per heavy atom. The summed E-state index contributed by atoms with van der Waals surface area (Å²) in [6.07, 6.45) is 0.147. The summed E-state index contributed by atoms with van der Waals surface area (Å²) in [6, 6.07) is 25.3. The van der Waals surface area contributed by atoms with Gasteiger partial charge in [-0.15, -0.1) is 11.3 Å². The number of Topliss-reactive ketones (excluding diaryl/α,β-unsaturated/α-hetero) is 2. The quantitative estimate of drug-likeness (QED) is 0.0984. The van der Waals surface area contributed by atoms with Crippen LogP contribution in [0.25, 0.3) is 20.5 Å². The summed E-state index contributed by atoms with van der Waals surface area (Å²) in [7, 11) is 0. The lowest BCUT2D eigenvalue weighted by Gasteiger charge is -2.34. The van der Waals surface area contributed by atoms with E-state index >= 15 is 0 Å². The van der Waals surface area contributed by atoms with Crippen LogP contribution >= 0.6 is 27.3 Å². The zero-order valence-electron chi connectivity index (χ0n) is 30.0. The maximum atomic E-state index is 13.4. The first-order chi connectivity index (χ1) is 26.7. The fourth-order valence-electron chi connectivity index (χ4n) is 7.42. The molecule has 13 heteroatoms. The third-order valence-electron chi connectivity index (χ3n) is 10.4. The van der Waals surface area contributed by atoms with Crippen molar-refractivity contribution < 1.29 is 33.8 Å². The van der Waals surface area contributed by atoms with Crippen LogP contribution in [-0.4, -0.2) is 102 Å². The van der Waals surface area contributed by atoms with Gasteiger partial charge in [0.1, 0.15) is 29.6 Å². The molecule has 282 valence electrons. The molecule has 0 spiro atoms. The van der Waals surface area contributed by atoms with Crippen molar-refractivity contribution in [3.63, 3.8) is 0 Å². The monoisotopic (exact) mass is 822 g/mol. The number of nitrogens with one attached hydrogen (secondary N) is 1. The van der Waals surface area contributed by atoms with Gasteiger partial charge in [-0.25, -0.2) is 0 Å². The number of carbonyl (C=O) groups excluding carboxylic acids is 4. The molecular formula is C42H39BrN4O7S. The van der Waals surface area contributed by atoms with E-state index in [9.17, 15) is 24.3 Å². The van der Waals surface area contributed by atoms with E-state index in [1.807, 2.05) is 54.6 Å². The molecule has 1 unspecified atom stereocenters. The average Bonchev–Trinajstić information content (AvgIpc) is 3.66. The van der Waals surface area contributed by atoms with E-state index in [1.165, 1.54) is 0 Å². The second-order valence-electron chi connectivity index (χ2n) is 13.9. The highest BCUT2D eigenvalue weighted by Crippen LogP contribution is 2.47. The predicted molar refractivity (Wildman–Crippen MR) is 215 cm³/mol. The molecule has 55 heavy (non-hydrogen) atoms. The third kappa shape index (κ3) is 7.88. The lowest BCUT2D eigenvalue weighted by molar-refractivity contribution is -0.132. The van der Waals surface area contributed by atoms with Crippen LogP contribution in [0.5, 0.6) is 23.0 Å². The summed E-state index contributed by atoms with van der Waals surface area (Å²) in [4.78, 5) is 57.6. The molecule has 2 fully saturated rings. The van der Waals surface area contributed by atoms with Crippen LogP contribution in [0.15, 0.2) is 89.4 Å². The maximum absolute atomic E-state index is 13.4. The number of hydrogen-bond donors (Lipinski definition) is 2. The summed E-state index contributed by atoms with van der Waals surface area (Å²) in [5, 5.41) is 14.4. The summed E-state index contributed by atoms with van der Waals surface area (Å²) in [5.41, 5.74) is 2.21. The van der Waals surface area contributed by atoms with E-state index in [1.54, 1.807) is 41.7 Å². The Kier molecular flexibility index (Phi) is 10.7. The van der Waals surface area contributed by atoms with Crippen molar-refractivity contribution in [1.82, 2.24) is 14.7 Å². The number of nitrogens with zero attached hydrogens (tertiary/aromatic N) is 3. The highest BCUT2D eigenvalue weighted by atomic mass is 79.9. The first-order valence-electron chi connectivity index (χ1n) is 18.4. The maximum Gasteiger partial charge on any atom is 0.264 e. The Morgan fingerprint density at radius 3 is 2.31 bits per heavy atom. The number of thiophene rings is 1. The fraction of sp³-hybridized carbons (Fsp3) is 0.286. The molecule has 5 aromatic rings. The van der Waals surface area contributed by atoms with Gasteiger partial charge in [-0.2, -0.15) is 0 Å². The average molecular weight is 824 g/mol. The van der Waals surface area contributed by atoms with Crippen molar-refractivity contribution >= 4 is 66.4 Å². The zero-order chi connectivity index (χ0) is 38.1. The van der Waals surface area contributed by atoms with E-state index in [4.69, 9.17) is 9.47 Å². The van der Waals surface area contributed by atoms with Gasteiger partial charge in [0.2, 0.25) is 0 Å². The molecule has 4 aromatic carbocycles. The number of hydrogen-bond acceptors (Lipinski definition) is 11. The van der Waals surface area contributed by atoms with Crippen LogP contribution in [0.1, 0.15) is 40.0 Å². The van der Waals surface area contributed by atoms with Crippen molar-refractivity contribution in [1.29, 1.82) is 0 Å². The summed E-state index contributed by atoms with van der Waals surface area (Å²) in [6.45, 7) is 6.32. The van der Waals surface area contributed by atoms with Gasteiger partial charge >= 0.3 is 0 Å². The van der Waals surface area contributed by atoms with Crippen LogP contribution < -0.4 is 14.8 Å². The lowest BCUT2D eigenvalue weighted by Crippen LogP contribution is -2.48. The highest BCUT2D eigenvalue weighted by molar-refractivity contribution is 9.10. The topological polar surface area (TPSA) is 129 Å². The van der Waals surface area contributed by atoms with Crippen LogP contribution in [0, 0.1) is 0 Å². The molecule has 11 nitrogen and oxygen atoms in total. The molecule has 1 aromatic heterocycles. The Bertz CT molecular complexity index is 2270. The lowest BCUT2D eigenvalue weighted by atomic mass is 9.92. The summed E-state index contributed by atoms with van der Waals surface area (Å²) >= 11 is 5.09. The number of piperazine rings is 1. The minimum atomic E-state index is -0.881. The van der Waals surface area contributed by atoms with Crippen molar-refractivity contribution in [3.05, 3.63) is 101 Å². The predicted octanol–water partition coefficient (Wildman–Crippen LogP) is 7.22. The number of benzene rings is 4. The van der Waals surface area contributed by atoms with Crippen LogP contribution in [0.3, 0.4) is 0 Å². The molecule has 1 aliphatic carbocycles. The first-order valence-corrected chi connectivity index (χ1v) is 20.0. The summed E-state index contributed by atoms with van der Waals surface area (Å²) in [5.74, 6) is 0.959. The van der Waals surface area contributed by atoms with Crippen molar-refractivity contribution in [2.75, 3.05) is 57.7 Å². The number of ketones is 2. The van der Waals surface area contributed by atoms with Crippen molar-refractivity contribution in [3.8, 4) is 33.4 Å². The first kappa shape index (κ1) is 36.9. The number of rotatable bonds is 12. The molecule has 0 bridgehead atoms. The van der Waals surface area contributed by atoms with Gasteiger partial charge in [0.05, 0.1) is 28.5 Å². The van der Waals surface area contributed by atoms with Gasteiger partial charge in [0.15, 0.2) is 11.5 Å². The van der Waals surface area contributed by atoms with E-state index in [-0.39, 0.29) is 36.6 Å². The molecule has 2 aliphatic heterocycles. The SMILES string of the molecule is O=C1CCC(N2C(=O)c3cccc(NCCN4CCN(CCOc5ccc(Oc6c(-c7ccc(Br)cc7)sc7cc(O)ccc67)cc5)CC4)c3C2=O)C(=O)C1. The minimum Gasteiger partial charge on any atom is -0.508 e. The second-order valence-corrected chi connectivity index (χ2v) is 15.9. The molecule has 1 saturated carbocycles. The number of amides is 2. The van der Waals surface area contributed by atoms with Crippen LogP contribution in [0.2, 0.25) is 0 Å². The van der Waals surface area contributed by atoms with Gasteiger partial charge in [0.25, 0.3) is 11.8 Å². The zero-order valence-corrected chi connectivity index (χ0v) is 32.4. The number of carbonyl (C=O) groups is 4. The molecule has 8 rings (SSSR count). The van der Waals surface area contributed by atoms with Crippen LogP contribution in [0.4, 0.5) is 5.69 Å². The Labute approximate surface area is 330 Å². The molecule has 3 aliphatic rings. The second kappa shape index (κ2) is 16.0. The molecule has 0 radical (unpaired) electrons. The Morgan fingerprint density at radius 2 is 1.56 bits per heavy atom. The van der Waals surface area contributed by atoms with Gasteiger partial charge in [-0.05, 0) is 78.7 Å². The summed E-state index contributed by atoms with van der Waals surface area (Å²) < 4.78 is 14.5.